The number of nitrogens with one attached hydrogen (secondary N) is 3. The van der Waals surface area contributed by atoms with Gasteiger partial charge in [0.2, 0.25) is 29.5 Å². The van der Waals surface area contributed by atoms with E-state index in [1.54, 1.807) is 46.2 Å². The zero-order valence-corrected chi connectivity index (χ0v) is 40.7. The SMILES string of the molecule is CC[C@H](C)[C@@H]([C@@H](CC(=O)N1CCC[C@H]1[C@H](OC)[C@@H](C)C(=O)N[C@@H](Cc1ccccc1)c1nccs1)OC)N(C)C(=O)[C@@H](NC(=O)C(C)(C)NC(=O)CCC(C)(C)OCCN)C(C)C. The van der Waals surface area contributed by atoms with Crippen molar-refractivity contribution < 1.29 is 38.2 Å². The predicted molar refractivity (Wildman–Crippen MR) is 247 cm³/mol. The van der Waals surface area contributed by atoms with Crippen molar-refractivity contribution in [1.82, 2.24) is 30.7 Å². The molecule has 63 heavy (non-hydrogen) atoms. The second kappa shape index (κ2) is 24.9. The number of hydrogen-bond acceptors (Lipinski definition) is 11. The van der Waals surface area contributed by atoms with Gasteiger partial charge in [0.15, 0.2) is 0 Å². The number of nitrogens with zero attached hydrogens (tertiary/aromatic N) is 3. The van der Waals surface area contributed by atoms with Gasteiger partial charge in [-0.25, -0.2) is 4.98 Å². The van der Waals surface area contributed by atoms with Gasteiger partial charge in [-0.15, -0.1) is 11.3 Å². The first-order valence-corrected chi connectivity index (χ1v) is 23.4. The van der Waals surface area contributed by atoms with Crippen molar-refractivity contribution in [3.05, 3.63) is 52.5 Å². The van der Waals surface area contributed by atoms with Crippen molar-refractivity contribution in [3.63, 3.8) is 0 Å². The van der Waals surface area contributed by atoms with E-state index in [0.717, 1.165) is 17.0 Å². The topological polar surface area (TPSA) is 195 Å². The zero-order chi connectivity index (χ0) is 47.1. The average molecular weight is 900 g/mol. The number of nitrogens with two attached hydrogens (primary N) is 1. The Morgan fingerprint density at radius 3 is 2.27 bits per heavy atom. The Kier molecular flexibility index (Phi) is 21.1. The summed E-state index contributed by atoms with van der Waals surface area (Å²) in [6, 6.07) is 7.83. The summed E-state index contributed by atoms with van der Waals surface area (Å²) < 4.78 is 17.8. The molecule has 0 aliphatic carbocycles. The zero-order valence-electron chi connectivity index (χ0n) is 39.9. The lowest BCUT2D eigenvalue weighted by atomic mass is 9.89. The lowest BCUT2D eigenvalue weighted by Gasteiger charge is -2.41. The third-order valence-corrected chi connectivity index (χ3v) is 13.3. The highest BCUT2D eigenvalue weighted by Gasteiger charge is 2.44. The van der Waals surface area contributed by atoms with Crippen LogP contribution in [0.1, 0.15) is 117 Å². The van der Waals surface area contributed by atoms with Crippen LogP contribution in [0, 0.1) is 17.8 Å². The number of likely N-dealkylation sites (tertiary alicyclic amines) is 1. The minimum Gasteiger partial charge on any atom is -0.379 e. The number of hydrogen-bond donors (Lipinski definition) is 4. The molecule has 5 N–H and O–H groups in total. The molecule has 1 fully saturated rings. The molecule has 3 rings (SSSR count). The first-order valence-electron chi connectivity index (χ1n) is 22.5. The first kappa shape index (κ1) is 53.4. The summed E-state index contributed by atoms with van der Waals surface area (Å²) in [5.41, 5.74) is 4.76. The molecule has 354 valence electrons. The Bertz CT molecular complexity index is 1740. The number of thiazole rings is 1. The van der Waals surface area contributed by atoms with E-state index in [-0.39, 0.29) is 60.4 Å². The number of carbonyl (C=O) groups is 5. The van der Waals surface area contributed by atoms with Gasteiger partial charge in [0.1, 0.15) is 16.6 Å². The highest BCUT2D eigenvalue weighted by Crippen LogP contribution is 2.31. The van der Waals surface area contributed by atoms with Gasteiger partial charge in [-0.2, -0.15) is 0 Å². The molecular weight excluding hydrogens is 823 g/mol. The third kappa shape index (κ3) is 15.3. The Morgan fingerprint density at radius 2 is 1.70 bits per heavy atom. The van der Waals surface area contributed by atoms with Crippen molar-refractivity contribution in [3.8, 4) is 0 Å². The maximum atomic E-state index is 14.5. The second-order valence-electron chi connectivity index (χ2n) is 18.5. The standard InChI is InChI=1S/C47H77N7O8S/c1-13-31(4)40(53(10)44(58)39(30(2)3)51-45(59)47(8,9)52-37(55)21-22-46(6,7)62-26-23-48)36(60-11)29-38(56)54-25-17-20-35(54)41(61-12)32(5)42(57)50-34(43-49-24-27-63-43)28-33-18-15-14-16-19-33/h14-16,18-19,24,27,30-32,34-36,39-41H,13,17,20-23,25-26,28-29,48H2,1-12H3,(H,50,57)(H,51,59)(H,52,55)/t31-,32+,34-,35-,36+,39-,40-,41+/m0/s1. The van der Waals surface area contributed by atoms with Gasteiger partial charge >= 0.3 is 0 Å². The summed E-state index contributed by atoms with van der Waals surface area (Å²) in [5.74, 6) is -2.46. The molecule has 0 bridgehead atoms. The van der Waals surface area contributed by atoms with Crippen LogP contribution in [-0.4, -0.2) is 127 Å². The van der Waals surface area contributed by atoms with Crippen molar-refractivity contribution in [1.29, 1.82) is 0 Å². The van der Waals surface area contributed by atoms with Crippen LogP contribution in [0.4, 0.5) is 0 Å². The Hall–Kier alpha value is -3.96. The third-order valence-electron chi connectivity index (χ3n) is 12.4. The Morgan fingerprint density at radius 1 is 1.02 bits per heavy atom. The fourth-order valence-electron chi connectivity index (χ4n) is 8.41. The maximum absolute atomic E-state index is 14.5. The summed E-state index contributed by atoms with van der Waals surface area (Å²) in [6.07, 6.45) is 3.73. The van der Waals surface area contributed by atoms with Crippen molar-refractivity contribution in [2.24, 2.45) is 23.5 Å². The van der Waals surface area contributed by atoms with Crippen LogP contribution in [0.15, 0.2) is 41.9 Å². The minimum absolute atomic E-state index is 0.00826. The highest BCUT2D eigenvalue weighted by molar-refractivity contribution is 7.09. The molecule has 0 saturated carbocycles. The number of ether oxygens (including phenoxy) is 3. The summed E-state index contributed by atoms with van der Waals surface area (Å²) in [7, 11) is 4.82. The largest absolute Gasteiger partial charge is 0.379 e. The van der Waals surface area contributed by atoms with Crippen LogP contribution in [0.3, 0.4) is 0 Å². The van der Waals surface area contributed by atoms with Crippen LogP contribution in [0.2, 0.25) is 0 Å². The summed E-state index contributed by atoms with van der Waals surface area (Å²) in [4.78, 5) is 77.5. The van der Waals surface area contributed by atoms with Gasteiger partial charge in [0, 0.05) is 52.4 Å². The quantitative estimate of drug-likeness (QED) is 0.0995. The Balaban J connectivity index is 1.74. The molecule has 1 aromatic heterocycles. The van der Waals surface area contributed by atoms with E-state index in [9.17, 15) is 24.0 Å². The molecule has 2 heterocycles. The molecule has 0 unspecified atom stereocenters. The second-order valence-corrected chi connectivity index (χ2v) is 19.4. The highest BCUT2D eigenvalue weighted by atomic mass is 32.1. The van der Waals surface area contributed by atoms with Crippen LogP contribution in [0.25, 0.3) is 0 Å². The number of carbonyl (C=O) groups excluding carboxylic acids is 5. The monoisotopic (exact) mass is 900 g/mol. The van der Waals surface area contributed by atoms with E-state index in [4.69, 9.17) is 19.9 Å². The lowest BCUT2D eigenvalue weighted by molar-refractivity contribution is -0.148. The van der Waals surface area contributed by atoms with Gasteiger partial charge in [0.25, 0.3) is 0 Å². The average Bonchev–Trinajstić information content (AvgIpc) is 3.97. The number of benzene rings is 1. The van der Waals surface area contributed by atoms with Gasteiger partial charge in [-0.05, 0) is 70.8 Å². The fraction of sp³-hybridized carbons (Fsp3) is 0.702. The lowest BCUT2D eigenvalue weighted by Crippen LogP contribution is -2.62. The maximum Gasteiger partial charge on any atom is 0.245 e. The molecule has 16 heteroatoms. The van der Waals surface area contributed by atoms with Crippen molar-refractivity contribution >= 4 is 40.9 Å². The smallest absolute Gasteiger partial charge is 0.245 e. The van der Waals surface area contributed by atoms with Gasteiger partial charge < -0.3 is 45.7 Å². The molecule has 0 radical (unpaired) electrons. The van der Waals surface area contributed by atoms with Crippen LogP contribution in [0.5, 0.6) is 0 Å². The number of amides is 5. The number of rotatable bonds is 26. The molecule has 8 atom stereocenters. The van der Waals surface area contributed by atoms with Gasteiger partial charge in [-0.1, -0.05) is 71.4 Å². The van der Waals surface area contributed by atoms with E-state index < -0.39 is 47.3 Å². The van der Waals surface area contributed by atoms with E-state index >= 15 is 0 Å². The number of aromatic nitrogens is 1. The van der Waals surface area contributed by atoms with Crippen LogP contribution >= 0.6 is 11.3 Å². The number of likely N-dealkylation sites (N-methyl/N-ethyl adjacent to an activating group) is 1. The van der Waals surface area contributed by atoms with Crippen molar-refractivity contribution in [2.75, 3.05) is 41.0 Å². The summed E-state index contributed by atoms with van der Waals surface area (Å²) in [6.45, 7) is 17.8. The van der Waals surface area contributed by atoms with Gasteiger partial charge in [-0.3, -0.25) is 24.0 Å². The van der Waals surface area contributed by atoms with Crippen LogP contribution in [-0.2, 0) is 44.6 Å². The van der Waals surface area contributed by atoms with E-state index in [2.05, 4.69) is 20.9 Å². The molecule has 1 aliphatic rings. The molecule has 1 aromatic carbocycles. The fourth-order valence-corrected chi connectivity index (χ4v) is 9.10. The molecule has 1 aliphatic heterocycles. The van der Waals surface area contributed by atoms with E-state index in [1.807, 2.05) is 89.1 Å². The molecule has 2 aromatic rings. The molecule has 1 saturated heterocycles. The normalized spacial score (nSPS) is 17.9. The van der Waals surface area contributed by atoms with E-state index in [1.165, 1.54) is 11.3 Å². The van der Waals surface area contributed by atoms with Crippen LogP contribution < -0.4 is 21.7 Å². The first-order chi connectivity index (χ1) is 29.7. The Labute approximate surface area is 380 Å². The summed E-state index contributed by atoms with van der Waals surface area (Å²) >= 11 is 1.49. The predicted octanol–water partition coefficient (Wildman–Crippen LogP) is 5.03. The molecule has 15 nitrogen and oxygen atoms in total. The van der Waals surface area contributed by atoms with Crippen molar-refractivity contribution in [2.45, 2.75) is 155 Å². The van der Waals surface area contributed by atoms with E-state index in [0.29, 0.717) is 45.4 Å². The number of methoxy groups -OCH3 is 2. The molecule has 0 spiro atoms. The van der Waals surface area contributed by atoms with Gasteiger partial charge in [0.05, 0.1) is 54.9 Å². The molecule has 5 amide bonds. The molecular formula is C47H77N7O8S. The summed E-state index contributed by atoms with van der Waals surface area (Å²) in [5, 5.41) is 11.7. The minimum atomic E-state index is -1.32.